The molecule has 0 radical (unpaired) electrons. The van der Waals surface area contributed by atoms with Gasteiger partial charge in [-0.25, -0.2) is 4.39 Å². The van der Waals surface area contributed by atoms with Crippen LogP contribution in [0.15, 0.2) is 42.5 Å². The lowest BCUT2D eigenvalue weighted by Gasteiger charge is -2.14. The predicted molar refractivity (Wildman–Crippen MR) is 121 cm³/mol. The number of nitrogens with one attached hydrogen (secondary N) is 3. The Hall–Kier alpha value is -2.93. The highest BCUT2D eigenvalue weighted by Gasteiger charge is 2.11. The van der Waals surface area contributed by atoms with Gasteiger partial charge >= 0.3 is 0 Å². The van der Waals surface area contributed by atoms with Crippen LogP contribution in [-0.4, -0.2) is 38.7 Å². The quantitative estimate of drug-likeness (QED) is 0.267. The molecule has 0 unspecified atom stereocenters. The van der Waals surface area contributed by atoms with Crippen LogP contribution in [0.25, 0.3) is 11.1 Å². The van der Waals surface area contributed by atoms with E-state index in [-0.39, 0.29) is 24.1 Å². The maximum absolute atomic E-state index is 13.3. The number of ether oxygens (including phenoxy) is 2. The van der Waals surface area contributed by atoms with E-state index in [1.54, 1.807) is 19.2 Å². The smallest absolute Gasteiger partial charge is 0.226 e. The summed E-state index contributed by atoms with van der Waals surface area (Å²) in [5, 5.41) is 13.2. The van der Waals surface area contributed by atoms with Crippen molar-refractivity contribution in [2.24, 2.45) is 0 Å². The Balaban J connectivity index is 2.02. The molecule has 6 nitrogen and oxygen atoms in total. The zero-order valence-electron chi connectivity index (χ0n) is 18.3. The monoisotopic (exact) mass is 429 g/mol. The number of halogens is 1. The van der Waals surface area contributed by atoms with Crippen molar-refractivity contribution >= 4 is 11.9 Å². The molecule has 2 aromatic carbocycles. The number of hydrogen-bond acceptors (Lipinski definition) is 4. The lowest BCUT2D eigenvalue weighted by molar-refractivity contribution is -0.119. The van der Waals surface area contributed by atoms with Gasteiger partial charge < -0.3 is 14.8 Å². The largest absolute Gasteiger partial charge is 0.493 e. The van der Waals surface area contributed by atoms with E-state index < -0.39 is 0 Å². The van der Waals surface area contributed by atoms with E-state index in [1.807, 2.05) is 18.2 Å². The topological polar surface area (TPSA) is 83.4 Å². The van der Waals surface area contributed by atoms with E-state index >= 15 is 0 Å². The molecule has 0 atom stereocenters. The van der Waals surface area contributed by atoms with Crippen LogP contribution in [0.2, 0.25) is 0 Å². The van der Waals surface area contributed by atoms with Gasteiger partial charge in [-0.1, -0.05) is 37.6 Å². The number of amides is 1. The molecule has 2 aromatic rings. The molecule has 0 aliphatic rings. The fourth-order valence-electron chi connectivity index (χ4n) is 2.99. The standard InChI is InChI=1S/C24H32FN3O3/c1-3-4-14-27-24(26)28-23(29)13-7-18-6-12-21(19-8-10-20(25)11-9-19)22(17-18)31-16-5-15-30-2/h6,8-12,17H,3-5,7,13-16H2,1-2H3,(H3,26,27,28,29). The zero-order chi connectivity index (χ0) is 22.5. The van der Waals surface area contributed by atoms with Crippen LogP contribution in [0.4, 0.5) is 4.39 Å². The second kappa shape index (κ2) is 13.4. The minimum Gasteiger partial charge on any atom is -0.493 e. The Bertz CT molecular complexity index is 840. The Kier molecular flexibility index (Phi) is 10.5. The number of guanidine groups is 1. The summed E-state index contributed by atoms with van der Waals surface area (Å²) in [5.74, 6) is 0.227. The van der Waals surface area contributed by atoms with Crippen LogP contribution in [-0.2, 0) is 16.0 Å². The zero-order valence-corrected chi connectivity index (χ0v) is 18.3. The molecular formula is C24H32FN3O3. The molecule has 31 heavy (non-hydrogen) atoms. The maximum Gasteiger partial charge on any atom is 0.226 e. The van der Waals surface area contributed by atoms with Crippen molar-refractivity contribution in [3.8, 4) is 16.9 Å². The van der Waals surface area contributed by atoms with Crippen LogP contribution in [0, 0.1) is 11.2 Å². The highest BCUT2D eigenvalue weighted by atomic mass is 19.1. The van der Waals surface area contributed by atoms with Gasteiger partial charge in [0.25, 0.3) is 0 Å². The molecule has 0 aliphatic heterocycles. The van der Waals surface area contributed by atoms with E-state index in [4.69, 9.17) is 14.9 Å². The average Bonchev–Trinajstić information content (AvgIpc) is 2.76. The molecule has 7 heteroatoms. The molecule has 0 saturated carbocycles. The molecule has 0 bridgehead atoms. The van der Waals surface area contributed by atoms with Gasteiger partial charge in [-0.2, -0.15) is 0 Å². The van der Waals surface area contributed by atoms with E-state index in [1.165, 1.54) is 12.1 Å². The first-order valence-corrected chi connectivity index (χ1v) is 10.7. The Morgan fingerprint density at radius 1 is 1.10 bits per heavy atom. The number of methoxy groups -OCH3 is 1. The van der Waals surface area contributed by atoms with Crippen molar-refractivity contribution < 1.29 is 18.7 Å². The molecule has 1 amide bonds. The van der Waals surface area contributed by atoms with Crippen molar-refractivity contribution in [1.82, 2.24) is 10.6 Å². The summed E-state index contributed by atoms with van der Waals surface area (Å²) in [6.45, 7) is 3.83. The number of hydrogen-bond donors (Lipinski definition) is 3. The highest BCUT2D eigenvalue weighted by molar-refractivity contribution is 5.95. The van der Waals surface area contributed by atoms with E-state index in [0.29, 0.717) is 31.9 Å². The third-order valence-electron chi connectivity index (χ3n) is 4.69. The van der Waals surface area contributed by atoms with Gasteiger partial charge in [0, 0.05) is 38.7 Å². The number of rotatable bonds is 12. The number of benzene rings is 2. The van der Waals surface area contributed by atoms with Crippen molar-refractivity contribution in [3.05, 3.63) is 53.8 Å². The minimum absolute atomic E-state index is 0.0345. The van der Waals surface area contributed by atoms with Crippen LogP contribution >= 0.6 is 0 Å². The molecule has 0 saturated heterocycles. The molecule has 0 spiro atoms. The van der Waals surface area contributed by atoms with Crippen LogP contribution in [0.3, 0.4) is 0 Å². The first-order valence-electron chi connectivity index (χ1n) is 10.7. The second-order valence-electron chi connectivity index (χ2n) is 7.24. The van der Waals surface area contributed by atoms with Gasteiger partial charge in [0.15, 0.2) is 5.96 Å². The summed E-state index contributed by atoms with van der Waals surface area (Å²) in [4.78, 5) is 12.1. The molecule has 0 fully saturated rings. The number of carbonyl (C=O) groups is 1. The van der Waals surface area contributed by atoms with Crippen molar-refractivity contribution in [1.29, 1.82) is 5.41 Å². The van der Waals surface area contributed by atoms with Gasteiger partial charge in [0.05, 0.1) is 6.61 Å². The van der Waals surface area contributed by atoms with Crippen molar-refractivity contribution in [2.45, 2.75) is 39.0 Å². The first kappa shape index (κ1) is 24.3. The van der Waals surface area contributed by atoms with E-state index in [9.17, 15) is 9.18 Å². The maximum atomic E-state index is 13.3. The SMILES string of the molecule is CCCCNC(=N)NC(=O)CCc1ccc(-c2ccc(F)cc2)c(OCCCOC)c1. The van der Waals surface area contributed by atoms with Crippen LogP contribution in [0.5, 0.6) is 5.75 Å². The summed E-state index contributed by atoms with van der Waals surface area (Å²) in [5.41, 5.74) is 2.68. The normalized spacial score (nSPS) is 10.5. The Morgan fingerprint density at radius 2 is 1.87 bits per heavy atom. The summed E-state index contributed by atoms with van der Waals surface area (Å²) >= 11 is 0. The second-order valence-corrected chi connectivity index (χ2v) is 7.24. The fraction of sp³-hybridized carbons (Fsp3) is 0.417. The lowest BCUT2D eigenvalue weighted by Crippen LogP contribution is -2.40. The predicted octanol–water partition coefficient (Wildman–Crippen LogP) is 4.28. The van der Waals surface area contributed by atoms with E-state index in [0.717, 1.165) is 36.0 Å². The summed E-state index contributed by atoms with van der Waals surface area (Å²) < 4.78 is 24.3. The first-order chi connectivity index (χ1) is 15.0. The summed E-state index contributed by atoms with van der Waals surface area (Å²) in [7, 11) is 1.65. The lowest BCUT2D eigenvalue weighted by atomic mass is 10.0. The van der Waals surface area contributed by atoms with Crippen molar-refractivity contribution in [2.75, 3.05) is 26.9 Å². The molecule has 0 heterocycles. The number of aryl methyl sites for hydroxylation is 1. The number of carbonyl (C=O) groups excluding carboxylic acids is 1. The molecular weight excluding hydrogens is 397 g/mol. The molecule has 3 N–H and O–H groups in total. The van der Waals surface area contributed by atoms with Gasteiger partial charge in [-0.15, -0.1) is 0 Å². The molecule has 2 rings (SSSR count). The summed E-state index contributed by atoms with van der Waals surface area (Å²) in [6.07, 6.45) is 3.51. The van der Waals surface area contributed by atoms with Gasteiger partial charge in [0.2, 0.25) is 5.91 Å². The Labute approximate surface area is 183 Å². The van der Waals surface area contributed by atoms with Crippen LogP contribution in [0.1, 0.15) is 38.2 Å². The fourth-order valence-corrected chi connectivity index (χ4v) is 2.99. The summed E-state index contributed by atoms with van der Waals surface area (Å²) in [6, 6.07) is 12.1. The highest BCUT2D eigenvalue weighted by Crippen LogP contribution is 2.31. The number of unbranched alkanes of at least 4 members (excludes halogenated alkanes) is 1. The van der Waals surface area contributed by atoms with Gasteiger partial charge in [-0.3, -0.25) is 15.5 Å². The average molecular weight is 430 g/mol. The van der Waals surface area contributed by atoms with E-state index in [2.05, 4.69) is 17.6 Å². The Morgan fingerprint density at radius 3 is 2.58 bits per heavy atom. The third-order valence-corrected chi connectivity index (χ3v) is 4.69. The van der Waals surface area contributed by atoms with Gasteiger partial charge in [-0.05, 0) is 42.2 Å². The minimum atomic E-state index is -0.288. The molecule has 168 valence electrons. The van der Waals surface area contributed by atoms with Crippen LogP contribution < -0.4 is 15.4 Å². The van der Waals surface area contributed by atoms with Crippen molar-refractivity contribution in [3.63, 3.8) is 0 Å². The van der Waals surface area contributed by atoms with Gasteiger partial charge in [0.1, 0.15) is 11.6 Å². The third kappa shape index (κ3) is 8.76. The molecule has 0 aromatic heterocycles. The molecule has 0 aliphatic carbocycles.